The highest BCUT2D eigenvalue weighted by Gasteiger charge is 2.22. The van der Waals surface area contributed by atoms with E-state index in [9.17, 15) is 9.59 Å². The van der Waals surface area contributed by atoms with Gasteiger partial charge in [-0.2, -0.15) is 0 Å². The fraction of sp³-hybridized carbons (Fsp3) is 0.500. The molecule has 5 heteroatoms. The Bertz CT molecular complexity index is 587. The van der Waals surface area contributed by atoms with E-state index in [1.54, 1.807) is 31.4 Å². The number of benzene rings is 1. The maximum atomic E-state index is 12.4. The minimum Gasteiger partial charge on any atom is -0.497 e. The van der Waals surface area contributed by atoms with Crippen LogP contribution in [0.25, 0.3) is 6.08 Å². The van der Waals surface area contributed by atoms with Crippen molar-refractivity contribution >= 4 is 18.0 Å². The molecule has 0 bridgehead atoms. The first-order valence-corrected chi connectivity index (χ1v) is 8.57. The third-order valence-corrected chi connectivity index (χ3v) is 3.61. The molecule has 1 unspecified atom stereocenters. The molecule has 0 saturated carbocycles. The van der Waals surface area contributed by atoms with E-state index in [1.165, 1.54) is 6.08 Å². The molecule has 1 aromatic rings. The molecule has 0 N–H and O–H groups in total. The number of carbonyl (C=O) groups is 2. The molecule has 1 rings (SSSR count). The Morgan fingerprint density at radius 3 is 2.04 bits per heavy atom. The fourth-order valence-electron chi connectivity index (χ4n) is 1.80. The second kappa shape index (κ2) is 10.5. The number of hydrogen-bond acceptors (Lipinski definition) is 5. The van der Waals surface area contributed by atoms with Crippen LogP contribution in [0.4, 0.5) is 0 Å². The molecule has 25 heavy (non-hydrogen) atoms. The monoisotopic (exact) mass is 348 g/mol. The summed E-state index contributed by atoms with van der Waals surface area (Å²) in [6.45, 7) is 8.38. The second-order valence-electron chi connectivity index (χ2n) is 6.44. The van der Waals surface area contributed by atoms with Crippen LogP contribution in [0.3, 0.4) is 0 Å². The van der Waals surface area contributed by atoms with Gasteiger partial charge in [0.15, 0.2) is 0 Å². The Labute approximate surface area is 150 Å². The van der Waals surface area contributed by atoms with E-state index in [0.717, 1.165) is 6.42 Å². The summed E-state index contributed by atoms with van der Waals surface area (Å²) in [5.74, 6) is -0.218. The van der Waals surface area contributed by atoms with E-state index < -0.39 is 11.9 Å². The molecule has 0 aliphatic rings. The topological polar surface area (TPSA) is 61.8 Å². The smallest absolute Gasteiger partial charge is 0.345 e. The molecule has 1 aromatic carbocycles. The standard InChI is InChI=1S/C20H28O5/c1-6-15(4)13-25-20(22)18(19(21)24-12-14(2)3)11-16-7-9-17(23-5)10-8-16/h7-11,14-15H,6,12-13H2,1-5H3/b18-11+. The number of esters is 2. The van der Waals surface area contributed by atoms with Crippen molar-refractivity contribution in [3.8, 4) is 5.75 Å². The van der Waals surface area contributed by atoms with E-state index in [2.05, 4.69) is 0 Å². The normalized spacial score (nSPS) is 12.6. The lowest BCUT2D eigenvalue weighted by Gasteiger charge is -2.12. The summed E-state index contributed by atoms with van der Waals surface area (Å²) in [7, 11) is 1.58. The van der Waals surface area contributed by atoms with Gasteiger partial charge in [-0.25, -0.2) is 9.59 Å². The predicted molar refractivity (Wildman–Crippen MR) is 97.2 cm³/mol. The average Bonchev–Trinajstić information content (AvgIpc) is 2.62. The van der Waals surface area contributed by atoms with Gasteiger partial charge in [-0.3, -0.25) is 0 Å². The fourth-order valence-corrected chi connectivity index (χ4v) is 1.80. The summed E-state index contributed by atoms with van der Waals surface area (Å²) in [5, 5.41) is 0. The van der Waals surface area contributed by atoms with Crippen LogP contribution >= 0.6 is 0 Å². The average molecular weight is 348 g/mol. The summed E-state index contributed by atoms with van der Waals surface area (Å²) in [4.78, 5) is 24.7. The minimum atomic E-state index is -0.668. The molecule has 0 aliphatic heterocycles. The lowest BCUT2D eigenvalue weighted by molar-refractivity contribution is -0.148. The maximum absolute atomic E-state index is 12.4. The van der Waals surface area contributed by atoms with Crippen molar-refractivity contribution in [2.45, 2.75) is 34.1 Å². The first-order chi connectivity index (χ1) is 11.9. The van der Waals surface area contributed by atoms with Gasteiger partial charge in [-0.15, -0.1) is 0 Å². The molecule has 5 nitrogen and oxygen atoms in total. The number of carbonyl (C=O) groups excluding carboxylic acids is 2. The van der Waals surface area contributed by atoms with Gasteiger partial charge in [-0.1, -0.05) is 46.2 Å². The third-order valence-electron chi connectivity index (χ3n) is 3.61. The Balaban J connectivity index is 2.97. The van der Waals surface area contributed by atoms with Crippen molar-refractivity contribution < 1.29 is 23.8 Å². The maximum Gasteiger partial charge on any atom is 0.345 e. The Kier molecular flexibility index (Phi) is 8.75. The second-order valence-corrected chi connectivity index (χ2v) is 6.44. The summed E-state index contributed by atoms with van der Waals surface area (Å²) in [6, 6.07) is 7.04. The molecule has 0 spiro atoms. The number of hydrogen-bond donors (Lipinski definition) is 0. The van der Waals surface area contributed by atoms with Gasteiger partial charge in [0, 0.05) is 0 Å². The van der Waals surface area contributed by atoms with Crippen LogP contribution in [0.1, 0.15) is 39.7 Å². The van der Waals surface area contributed by atoms with Crippen LogP contribution in [-0.4, -0.2) is 32.3 Å². The van der Waals surface area contributed by atoms with Crippen LogP contribution in [-0.2, 0) is 19.1 Å². The van der Waals surface area contributed by atoms with Crippen LogP contribution < -0.4 is 4.74 Å². The van der Waals surface area contributed by atoms with Gasteiger partial charge in [0.05, 0.1) is 20.3 Å². The van der Waals surface area contributed by atoms with Crippen LogP contribution in [0.2, 0.25) is 0 Å². The zero-order valence-corrected chi connectivity index (χ0v) is 15.7. The highest BCUT2D eigenvalue weighted by molar-refractivity contribution is 6.17. The largest absolute Gasteiger partial charge is 0.497 e. The van der Waals surface area contributed by atoms with Crippen LogP contribution in [0, 0.1) is 11.8 Å². The summed E-state index contributed by atoms with van der Waals surface area (Å²) in [6.07, 6.45) is 2.38. The van der Waals surface area contributed by atoms with Crippen LogP contribution in [0.5, 0.6) is 5.75 Å². The van der Waals surface area contributed by atoms with Gasteiger partial charge >= 0.3 is 11.9 Å². The molecule has 0 radical (unpaired) electrons. The van der Waals surface area contributed by atoms with Gasteiger partial charge < -0.3 is 14.2 Å². The molecule has 138 valence electrons. The van der Waals surface area contributed by atoms with Crippen molar-refractivity contribution in [1.82, 2.24) is 0 Å². The molecule has 0 fully saturated rings. The lowest BCUT2D eigenvalue weighted by Crippen LogP contribution is -2.21. The lowest BCUT2D eigenvalue weighted by atomic mass is 10.1. The minimum absolute atomic E-state index is 0.103. The number of rotatable bonds is 9. The van der Waals surface area contributed by atoms with E-state index in [-0.39, 0.29) is 30.6 Å². The Morgan fingerprint density at radius 2 is 1.56 bits per heavy atom. The van der Waals surface area contributed by atoms with E-state index >= 15 is 0 Å². The highest BCUT2D eigenvalue weighted by atomic mass is 16.6. The Morgan fingerprint density at radius 1 is 1.00 bits per heavy atom. The molecule has 0 heterocycles. The SMILES string of the molecule is CCC(C)COC(=O)/C(=C/c1ccc(OC)cc1)C(=O)OCC(C)C. The predicted octanol–water partition coefficient (Wildman–Crippen LogP) is 3.87. The zero-order valence-electron chi connectivity index (χ0n) is 15.7. The van der Waals surface area contributed by atoms with E-state index in [4.69, 9.17) is 14.2 Å². The molecule has 0 amide bonds. The van der Waals surface area contributed by atoms with Crippen molar-refractivity contribution in [1.29, 1.82) is 0 Å². The van der Waals surface area contributed by atoms with Crippen molar-refractivity contribution in [3.05, 3.63) is 35.4 Å². The van der Waals surface area contributed by atoms with E-state index in [0.29, 0.717) is 11.3 Å². The van der Waals surface area contributed by atoms with Gasteiger partial charge in [0.2, 0.25) is 0 Å². The van der Waals surface area contributed by atoms with Gasteiger partial charge in [0.1, 0.15) is 11.3 Å². The first-order valence-electron chi connectivity index (χ1n) is 8.57. The van der Waals surface area contributed by atoms with E-state index in [1.807, 2.05) is 27.7 Å². The van der Waals surface area contributed by atoms with Crippen molar-refractivity contribution in [2.24, 2.45) is 11.8 Å². The molecule has 0 aromatic heterocycles. The van der Waals surface area contributed by atoms with Crippen LogP contribution in [0.15, 0.2) is 29.8 Å². The number of ether oxygens (including phenoxy) is 3. The zero-order chi connectivity index (χ0) is 18.8. The third kappa shape index (κ3) is 7.42. The highest BCUT2D eigenvalue weighted by Crippen LogP contribution is 2.16. The van der Waals surface area contributed by atoms with Gasteiger partial charge in [-0.05, 0) is 35.6 Å². The quantitative estimate of drug-likeness (QED) is 0.293. The van der Waals surface area contributed by atoms with Crippen molar-refractivity contribution in [3.63, 3.8) is 0 Å². The summed E-state index contributed by atoms with van der Waals surface area (Å²) >= 11 is 0. The summed E-state index contributed by atoms with van der Waals surface area (Å²) < 4.78 is 15.6. The molecule has 1 atom stereocenters. The van der Waals surface area contributed by atoms with Crippen molar-refractivity contribution in [2.75, 3.05) is 20.3 Å². The summed E-state index contributed by atoms with van der Waals surface area (Å²) in [5.41, 5.74) is 0.590. The molecule has 0 aliphatic carbocycles. The molecular weight excluding hydrogens is 320 g/mol. The van der Waals surface area contributed by atoms with Gasteiger partial charge in [0.25, 0.3) is 0 Å². The number of methoxy groups -OCH3 is 1. The molecule has 0 saturated heterocycles. The first kappa shape index (κ1) is 20.7. The molecular formula is C20H28O5. The Hall–Kier alpha value is -2.30.